The minimum atomic E-state index is -1.12. The van der Waals surface area contributed by atoms with E-state index in [9.17, 15) is 15.0 Å². The number of hydrogen-bond acceptors (Lipinski definition) is 7. The van der Waals surface area contributed by atoms with Gasteiger partial charge in [0, 0.05) is 12.5 Å². The molecule has 1 fully saturated rings. The van der Waals surface area contributed by atoms with E-state index in [1.807, 2.05) is 18.2 Å². The van der Waals surface area contributed by atoms with Crippen molar-refractivity contribution in [2.24, 2.45) is 5.92 Å². The predicted octanol–water partition coefficient (Wildman–Crippen LogP) is 4.11. The molecule has 0 unspecified atom stereocenters. The lowest BCUT2D eigenvalue weighted by Gasteiger charge is -2.28. The van der Waals surface area contributed by atoms with Crippen LogP contribution in [0.3, 0.4) is 0 Å². The minimum absolute atomic E-state index is 0.0723. The number of esters is 1. The van der Waals surface area contributed by atoms with Gasteiger partial charge in [-0.1, -0.05) is 61.1 Å². The van der Waals surface area contributed by atoms with E-state index in [1.54, 1.807) is 6.08 Å². The lowest BCUT2D eigenvalue weighted by atomic mass is 9.90. The molecule has 0 aromatic heterocycles. The van der Waals surface area contributed by atoms with Gasteiger partial charge in [-0.2, -0.15) is 0 Å². The van der Waals surface area contributed by atoms with Crippen LogP contribution < -0.4 is 0 Å². The Kier molecular flexibility index (Phi) is 9.96. The largest absolute Gasteiger partial charge is 0.456 e. The van der Waals surface area contributed by atoms with Crippen molar-refractivity contribution in [2.75, 3.05) is 6.61 Å². The summed E-state index contributed by atoms with van der Waals surface area (Å²) in [4.78, 5) is 12.7. The first kappa shape index (κ1) is 28.0. The number of carbonyl (C=O) groups excluding carboxylic acids is 1. The third kappa shape index (κ3) is 8.23. The van der Waals surface area contributed by atoms with Crippen molar-refractivity contribution in [1.82, 2.24) is 0 Å². The molecule has 2 N–H and O–H groups in total. The van der Waals surface area contributed by atoms with Crippen LogP contribution in [0.25, 0.3) is 0 Å². The van der Waals surface area contributed by atoms with Gasteiger partial charge in [0.1, 0.15) is 18.3 Å². The maximum absolute atomic E-state index is 12.7. The molecule has 0 aromatic rings. The highest BCUT2D eigenvalue weighted by atomic mass is 16.6. The molecule has 37 heavy (non-hydrogen) atoms. The number of carbonyl (C=O) groups is 1. The molecule has 7 heteroatoms. The maximum Gasteiger partial charge on any atom is 0.330 e. The lowest BCUT2D eigenvalue weighted by Crippen LogP contribution is -2.37. The monoisotopic (exact) mass is 514 g/mol. The number of rotatable bonds is 2. The molecule has 4 aliphatic rings. The van der Waals surface area contributed by atoms with E-state index in [4.69, 9.17) is 18.9 Å². The van der Waals surface area contributed by atoms with Gasteiger partial charge >= 0.3 is 5.97 Å². The van der Waals surface area contributed by atoms with Crippen LogP contribution >= 0.6 is 0 Å². The van der Waals surface area contributed by atoms with Crippen molar-refractivity contribution in [3.8, 4) is 0 Å². The van der Waals surface area contributed by atoms with Crippen molar-refractivity contribution >= 4 is 5.97 Å². The van der Waals surface area contributed by atoms with Crippen LogP contribution in [0.4, 0.5) is 0 Å². The van der Waals surface area contributed by atoms with Crippen LogP contribution in [-0.2, 0) is 23.7 Å². The van der Waals surface area contributed by atoms with Crippen molar-refractivity contribution in [2.45, 2.75) is 108 Å². The van der Waals surface area contributed by atoms with Crippen LogP contribution in [0.1, 0.15) is 58.8 Å². The summed E-state index contributed by atoms with van der Waals surface area (Å²) >= 11 is 0. The Bertz CT molecular complexity index is 919. The van der Waals surface area contributed by atoms with Crippen molar-refractivity contribution < 1.29 is 34.0 Å². The summed E-state index contributed by atoms with van der Waals surface area (Å²) in [6.45, 7) is 8.95. The van der Waals surface area contributed by atoms with Crippen LogP contribution in [0, 0.1) is 5.92 Å². The van der Waals surface area contributed by atoms with Gasteiger partial charge in [-0.25, -0.2) is 4.79 Å². The standard InChI is InChI=1S/C30H42O7/c1-19-12-13-34-23(15-19)10-11-26-27-18-28(36-26)30(33)25(31)17-21(3)14-20(2)16-24-8-4-6-22(35-24)7-5-9-29(32)37-27/h4-6,9-12,20,22-28,30-31,33H,3,7-8,13-18H2,1-2H3/b9-5-,11-10+/t20-,22+,23-,24+,25-,26+,27+,28-,30+/m1/s1. The lowest BCUT2D eigenvalue weighted by molar-refractivity contribution is -0.144. The normalized spacial score (nSPS) is 41.1. The van der Waals surface area contributed by atoms with Gasteiger partial charge in [0.15, 0.2) is 0 Å². The summed E-state index contributed by atoms with van der Waals surface area (Å²) in [5.41, 5.74) is 2.15. The highest BCUT2D eigenvalue weighted by Gasteiger charge is 2.42. The summed E-state index contributed by atoms with van der Waals surface area (Å²) in [7, 11) is 0. The zero-order valence-corrected chi connectivity index (χ0v) is 22.0. The van der Waals surface area contributed by atoms with Gasteiger partial charge in [0.05, 0.1) is 37.1 Å². The van der Waals surface area contributed by atoms with E-state index in [2.05, 4.69) is 32.6 Å². The quantitative estimate of drug-likeness (QED) is 0.423. The average Bonchev–Trinajstić information content (AvgIpc) is 3.24. The van der Waals surface area contributed by atoms with Gasteiger partial charge in [0.2, 0.25) is 0 Å². The van der Waals surface area contributed by atoms with Crippen LogP contribution in [-0.4, -0.2) is 71.6 Å². The van der Waals surface area contributed by atoms with E-state index < -0.39 is 36.5 Å². The highest BCUT2D eigenvalue weighted by Crippen LogP contribution is 2.31. The molecule has 1 saturated heterocycles. The van der Waals surface area contributed by atoms with E-state index in [0.717, 1.165) is 31.3 Å². The number of aliphatic hydroxyl groups is 2. The molecular formula is C30H42O7. The number of ether oxygens (including phenoxy) is 4. The van der Waals surface area contributed by atoms with E-state index in [1.165, 1.54) is 11.6 Å². The summed E-state index contributed by atoms with van der Waals surface area (Å²) in [6, 6.07) is 0. The van der Waals surface area contributed by atoms with Crippen LogP contribution in [0.5, 0.6) is 0 Å². The molecule has 0 aliphatic carbocycles. The average molecular weight is 515 g/mol. The highest BCUT2D eigenvalue weighted by molar-refractivity contribution is 5.82. The molecule has 4 rings (SSSR count). The summed E-state index contributed by atoms with van der Waals surface area (Å²) in [6.07, 6.45) is 13.7. The fourth-order valence-corrected chi connectivity index (χ4v) is 5.62. The fraction of sp³-hybridized carbons (Fsp3) is 0.633. The summed E-state index contributed by atoms with van der Waals surface area (Å²) < 4.78 is 23.9. The molecule has 0 spiro atoms. The molecule has 9 atom stereocenters. The molecule has 0 saturated carbocycles. The molecule has 4 heterocycles. The first-order valence-electron chi connectivity index (χ1n) is 13.6. The number of fused-ring (bicyclic) bond motifs is 4. The zero-order valence-electron chi connectivity index (χ0n) is 22.0. The molecule has 0 radical (unpaired) electrons. The Hall–Kier alpha value is -2.03. The molecule has 7 nitrogen and oxygen atoms in total. The predicted molar refractivity (Wildman–Crippen MR) is 141 cm³/mol. The van der Waals surface area contributed by atoms with Gasteiger partial charge in [-0.15, -0.1) is 0 Å². The van der Waals surface area contributed by atoms with E-state index >= 15 is 0 Å². The Morgan fingerprint density at radius 1 is 1.03 bits per heavy atom. The SMILES string of the molecule is C=C1C[C@@H](C)C[C@@H]2CC=C[C@@H](C/C=C\C(=O)O[C@H]3C[C@@H](O[C@H]3/C=C/[C@@H]3CC(C)=CCO3)[C@@H](O)[C@H](O)C1)O2. The molecule has 0 amide bonds. The van der Waals surface area contributed by atoms with Crippen LogP contribution in [0.2, 0.25) is 0 Å². The second-order valence-corrected chi connectivity index (χ2v) is 11.0. The first-order chi connectivity index (χ1) is 17.8. The van der Waals surface area contributed by atoms with Crippen molar-refractivity contribution in [1.29, 1.82) is 0 Å². The fourth-order valence-electron chi connectivity index (χ4n) is 5.62. The molecule has 4 bridgehead atoms. The van der Waals surface area contributed by atoms with Gasteiger partial charge < -0.3 is 29.2 Å². The van der Waals surface area contributed by atoms with Crippen LogP contribution in [0.15, 0.2) is 60.3 Å². The topological polar surface area (TPSA) is 94.5 Å². The summed E-state index contributed by atoms with van der Waals surface area (Å²) in [5.74, 6) is -0.129. The molecule has 204 valence electrons. The molecular weight excluding hydrogens is 472 g/mol. The smallest absolute Gasteiger partial charge is 0.330 e. The van der Waals surface area contributed by atoms with E-state index in [-0.39, 0.29) is 31.2 Å². The van der Waals surface area contributed by atoms with Crippen molar-refractivity contribution in [3.63, 3.8) is 0 Å². The Morgan fingerprint density at radius 2 is 1.86 bits per heavy atom. The molecule has 0 aromatic carbocycles. The Morgan fingerprint density at radius 3 is 2.68 bits per heavy atom. The van der Waals surface area contributed by atoms with Gasteiger partial charge in [-0.05, 0) is 51.4 Å². The third-order valence-corrected chi connectivity index (χ3v) is 7.53. The van der Waals surface area contributed by atoms with Gasteiger partial charge in [0.25, 0.3) is 0 Å². The number of hydrogen-bond donors (Lipinski definition) is 2. The zero-order chi connectivity index (χ0) is 26.4. The Labute approximate surface area is 220 Å². The molecule has 4 aliphatic heterocycles. The minimum Gasteiger partial charge on any atom is -0.456 e. The van der Waals surface area contributed by atoms with Crippen molar-refractivity contribution in [3.05, 3.63) is 60.3 Å². The maximum atomic E-state index is 12.7. The third-order valence-electron chi connectivity index (χ3n) is 7.53. The van der Waals surface area contributed by atoms with Gasteiger partial charge in [-0.3, -0.25) is 0 Å². The Balaban J connectivity index is 1.49. The van der Waals surface area contributed by atoms with E-state index in [0.29, 0.717) is 18.9 Å². The second kappa shape index (κ2) is 13.2. The number of aliphatic hydroxyl groups excluding tert-OH is 2. The first-order valence-corrected chi connectivity index (χ1v) is 13.6. The summed E-state index contributed by atoms with van der Waals surface area (Å²) in [5, 5.41) is 21.7. The second-order valence-electron chi connectivity index (χ2n) is 11.0.